The minimum atomic E-state index is 0.480. The summed E-state index contributed by atoms with van der Waals surface area (Å²) in [5, 5.41) is 3.53. The van der Waals surface area contributed by atoms with E-state index in [4.69, 9.17) is 4.74 Å². The van der Waals surface area contributed by atoms with Crippen molar-refractivity contribution in [2.75, 3.05) is 39.8 Å². The van der Waals surface area contributed by atoms with Gasteiger partial charge in [-0.1, -0.05) is 19.3 Å². The summed E-state index contributed by atoms with van der Waals surface area (Å²) in [6, 6.07) is 0. The Labute approximate surface area is 112 Å². The molecule has 2 aliphatic rings. The van der Waals surface area contributed by atoms with Gasteiger partial charge in [-0.2, -0.15) is 0 Å². The number of hydrogen-bond acceptors (Lipinski definition) is 3. The normalized spacial score (nSPS) is 26.0. The Hall–Kier alpha value is -0.120. The Balaban J connectivity index is 1.47. The summed E-state index contributed by atoms with van der Waals surface area (Å²) in [5.74, 6) is 0.960. The Morgan fingerprint density at radius 3 is 2.67 bits per heavy atom. The third-order valence-corrected chi connectivity index (χ3v) is 4.36. The molecular weight excluding hydrogens is 224 g/mol. The molecule has 1 saturated carbocycles. The molecule has 1 aliphatic heterocycles. The van der Waals surface area contributed by atoms with Crippen LogP contribution in [0.5, 0.6) is 0 Å². The highest BCUT2D eigenvalue weighted by Crippen LogP contribution is 2.23. The van der Waals surface area contributed by atoms with Crippen molar-refractivity contribution < 1.29 is 4.74 Å². The fraction of sp³-hybridized carbons (Fsp3) is 1.00. The van der Waals surface area contributed by atoms with Crippen LogP contribution >= 0.6 is 0 Å². The van der Waals surface area contributed by atoms with Crippen molar-refractivity contribution in [3.05, 3.63) is 0 Å². The van der Waals surface area contributed by atoms with E-state index in [0.717, 1.165) is 25.6 Å². The van der Waals surface area contributed by atoms with Crippen molar-refractivity contribution in [3.8, 4) is 0 Å². The van der Waals surface area contributed by atoms with E-state index in [1.54, 1.807) is 0 Å². The molecule has 1 heterocycles. The number of nitrogens with zero attached hydrogens (tertiary/aromatic N) is 1. The first-order valence-electron chi connectivity index (χ1n) is 7.85. The first-order chi connectivity index (χ1) is 8.84. The van der Waals surface area contributed by atoms with Crippen LogP contribution in [0, 0.1) is 5.92 Å². The zero-order valence-corrected chi connectivity index (χ0v) is 12.0. The summed E-state index contributed by atoms with van der Waals surface area (Å²) in [4.78, 5) is 2.50. The molecule has 2 rings (SSSR count). The molecule has 1 aliphatic carbocycles. The van der Waals surface area contributed by atoms with E-state index >= 15 is 0 Å². The highest BCUT2D eigenvalue weighted by atomic mass is 16.5. The van der Waals surface area contributed by atoms with Crippen LogP contribution in [0.15, 0.2) is 0 Å². The summed E-state index contributed by atoms with van der Waals surface area (Å²) in [5.41, 5.74) is 0. The smallest absolute Gasteiger partial charge is 0.0700 e. The molecule has 1 atom stereocenters. The van der Waals surface area contributed by atoms with E-state index in [2.05, 4.69) is 17.3 Å². The first-order valence-corrected chi connectivity index (χ1v) is 7.85. The molecule has 1 N–H and O–H groups in total. The maximum atomic E-state index is 5.61. The molecule has 1 unspecified atom stereocenters. The number of likely N-dealkylation sites (N-methyl/N-ethyl adjacent to an activating group) is 1. The zero-order valence-electron chi connectivity index (χ0n) is 12.0. The second-order valence-electron chi connectivity index (χ2n) is 6.11. The average molecular weight is 254 g/mol. The minimum absolute atomic E-state index is 0.480. The number of nitrogens with one attached hydrogen (secondary N) is 1. The molecule has 0 aromatic carbocycles. The summed E-state index contributed by atoms with van der Waals surface area (Å²) in [6.45, 7) is 5.57. The lowest BCUT2D eigenvalue weighted by molar-refractivity contribution is 0.109. The largest absolute Gasteiger partial charge is 0.377 e. The molecule has 1 saturated heterocycles. The van der Waals surface area contributed by atoms with Gasteiger partial charge in [-0.3, -0.25) is 0 Å². The third-order valence-electron chi connectivity index (χ3n) is 4.36. The molecule has 0 spiro atoms. The van der Waals surface area contributed by atoms with Gasteiger partial charge < -0.3 is 15.0 Å². The molecule has 3 nitrogen and oxygen atoms in total. The first kappa shape index (κ1) is 14.3. The van der Waals surface area contributed by atoms with Crippen LogP contribution in [0.3, 0.4) is 0 Å². The second-order valence-corrected chi connectivity index (χ2v) is 6.11. The van der Waals surface area contributed by atoms with Gasteiger partial charge >= 0.3 is 0 Å². The summed E-state index contributed by atoms with van der Waals surface area (Å²) < 4.78 is 5.61. The van der Waals surface area contributed by atoms with E-state index < -0.39 is 0 Å². The molecule has 3 heteroatoms. The van der Waals surface area contributed by atoms with Gasteiger partial charge in [0.1, 0.15) is 0 Å². The Kier molecular flexibility index (Phi) is 6.46. The molecule has 0 bridgehead atoms. The van der Waals surface area contributed by atoms with Gasteiger partial charge in [0, 0.05) is 32.8 Å². The van der Waals surface area contributed by atoms with Gasteiger partial charge in [0.15, 0.2) is 0 Å². The van der Waals surface area contributed by atoms with Crippen LogP contribution in [0.2, 0.25) is 0 Å². The maximum absolute atomic E-state index is 5.61. The van der Waals surface area contributed by atoms with Crippen molar-refractivity contribution in [2.24, 2.45) is 5.92 Å². The standard InChI is InChI=1S/C15H30N2O/c1-17(13-14-6-3-2-4-7-14)10-9-16-12-15-8-5-11-18-15/h14-16H,2-13H2,1H3. The van der Waals surface area contributed by atoms with Gasteiger partial charge in [-0.25, -0.2) is 0 Å². The number of rotatable bonds is 7. The lowest BCUT2D eigenvalue weighted by atomic mass is 9.89. The van der Waals surface area contributed by atoms with Gasteiger partial charge in [0.2, 0.25) is 0 Å². The van der Waals surface area contributed by atoms with Gasteiger partial charge in [-0.15, -0.1) is 0 Å². The van der Waals surface area contributed by atoms with Crippen molar-refractivity contribution >= 4 is 0 Å². The van der Waals surface area contributed by atoms with E-state index in [0.29, 0.717) is 6.10 Å². The molecule has 2 fully saturated rings. The number of hydrogen-bond donors (Lipinski definition) is 1. The topological polar surface area (TPSA) is 24.5 Å². The highest BCUT2D eigenvalue weighted by molar-refractivity contribution is 4.70. The lowest BCUT2D eigenvalue weighted by Gasteiger charge is -2.27. The second kappa shape index (κ2) is 8.13. The van der Waals surface area contributed by atoms with Gasteiger partial charge in [0.25, 0.3) is 0 Å². The SMILES string of the molecule is CN(CCNCC1CCCO1)CC1CCCCC1. The van der Waals surface area contributed by atoms with Crippen LogP contribution in [-0.4, -0.2) is 50.8 Å². The minimum Gasteiger partial charge on any atom is -0.377 e. The Morgan fingerprint density at radius 2 is 1.94 bits per heavy atom. The molecule has 106 valence electrons. The van der Waals surface area contributed by atoms with Crippen LogP contribution < -0.4 is 5.32 Å². The monoisotopic (exact) mass is 254 g/mol. The number of ether oxygens (including phenoxy) is 1. The van der Waals surface area contributed by atoms with Gasteiger partial charge in [-0.05, 0) is 38.6 Å². The quantitative estimate of drug-likeness (QED) is 0.705. The van der Waals surface area contributed by atoms with Crippen molar-refractivity contribution in [1.82, 2.24) is 10.2 Å². The predicted molar refractivity (Wildman–Crippen MR) is 75.9 cm³/mol. The van der Waals surface area contributed by atoms with Crippen molar-refractivity contribution in [3.63, 3.8) is 0 Å². The Bertz CT molecular complexity index is 211. The summed E-state index contributed by atoms with van der Waals surface area (Å²) >= 11 is 0. The summed E-state index contributed by atoms with van der Waals surface area (Å²) in [6.07, 6.45) is 10.2. The van der Waals surface area contributed by atoms with Crippen LogP contribution in [0.1, 0.15) is 44.9 Å². The summed E-state index contributed by atoms with van der Waals surface area (Å²) in [7, 11) is 2.27. The zero-order chi connectivity index (χ0) is 12.6. The molecule has 0 amide bonds. The average Bonchev–Trinajstić information content (AvgIpc) is 2.89. The van der Waals surface area contributed by atoms with E-state index in [-0.39, 0.29) is 0 Å². The van der Waals surface area contributed by atoms with Crippen LogP contribution in [0.25, 0.3) is 0 Å². The van der Waals surface area contributed by atoms with Crippen molar-refractivity contribution in [1.29, 1.82) is 0 Å². The highest BCUT2D eigenvalue weighted by Gasteiger charge is 2.16. The maximum Gasteiger partial charge on any atom is 0.0700 e. The molecular formula is C15H30N2O. The van der Waals surface area contributed by atoms with E-state index in [1.807, 2.05) is 0 Å². The fourth-order valence-corrected chi connectivity index (χ4v) is 3.24. The molecule has 0 radical (unpaired) electrons. The Morgan fingerprint density at radius 1 is 1.11 bits per heavy atom. The third kappa shape index (κ3) is 5.25. The van der Waals surface area contributed by atoms with Crippen LogP contribution in [0.4, 0.5) is 0 Å². The molecule has 0 aromatic heterocycles. The predicted octanol–water partition coefficient (Wildman–Crippen LogP) is 2.27. The molecule has 0 aromatic rings. The van der Waals surface area contributed by atoms with Gasteiger partial charge in [0.05, 0.1) is 6.10 Å². The lowest BCUT2D eigenvalue weighted by Crippen LogP contribution is -2.35. The van der Waals surface area contributed by atoms with E-state index in [9.17, 15) is 0 Å². The fourth-order valence-electron chi connectivity index (χ4n) is 3.24. The molecule has 18 heavy (non-hydrogen) atoms. The van der Waals surface area contributed by atoms with Crippen LogP contribution in [-0.2, 0) is 4.74 Å². The van der Waals surface area contributed by atoms with E-state index in [1.165, 1.54) is 58.0 Å². The van der Waals surface area contributed by atoms with Crippen molar-refractivity contribution in [2.45, 2.75) is 51.0 Å².